The Bertz CT molecular complexity index is 300. The summed E-state index contributed by atoms with van der Waals surface area (Å²) in [6.45, 7) is 5.97. The molecule has 0 amide bonds. The summed E-state index contributed by atoms with van der Waals surface area (Å²) in [7, 11) is 0. The van der Waals surface area contributed by atoms with Gasteiger partial charge in [-0.1, -0.05) is 13.8 Å². The Balaban J connectivity index is 2.58. The van der Waals surface area contributed by atoms with E-state index in [0.29, 0.717) is 12.5 Å². The van der Waals surface area contributed by atoms with Crippen molar-refractivity contribution in [2.75, 3.05) is 6.54 Å². The van der Waals surface area contributed by atoms with Crippen LogP contribution in [0.4, 0.5) is 0 Å². The zero-order valence-corrected chi connectivity index (χ0v) is 9.44. The highest BCUT2D eigenvalue weighted by Gasteiger charge is 2.15. The van der Waals surface area contributed by atoms with E-state index in [1.807, 2.05) is 12.1 Å². The molecular formula is C12H18N2O. The summed E-state index contributed by atoms with van der Waals surface area (Å²) in [4.78, 5) is 2.28. The molecule has 1 unspecified atom stereocenters. The Morgan fingerprint density at radius 2 is 2.33 bits per heavy atom. The summed E-state index contributed by atoms with van der Waals surface area (Å²) in [6.07, 6.45) is 3.28. The number of nitrogens with zero attached hydrogens (tertiary/aromatic N) is 2. The standard InChI is InChI=1S/C12H18N2O/c1-3-11(7-8-13)14(4-2)10-12-6-5-9-15-12/h5-6,9,11H,3-4,7,10H2,1-2H3. The maximum atomic E-state index is 8.74. The molecule has 0 bridgehead atoms. The molecule has 1 aromatic heterocycles. The third kappa shape index (κ3) is 3.41. The summed E-state index contributed by atoms with van der Waals surface area (Å²) in [5.74, 6) is 0.966. The molecule has 1 rings (SSSR count). The van der Waals surface area contributed by atoms with Crippen molar-refractivity contribution in [1.29, 1.82) is 5.26 Å². The SMILES string of the molecule is CCC(CC#N)N(CC)Cc1ccco1. The highest BCUT2D eigenvalue weighted by Crippen LogP contribution is 2.13. The molecule has 1 aromatic rings. The molecule has 82 valence electrons. The lowest BCUT2D eigenvalue weighted by Crippen LogP contribution is -2.33. The van der Waals surface area contributed by atoms with Crippen molar-refractivity contribution in [3.8, 4) is 6.07 Å². The summed E-state index contributed by atoms with van der Waals surface area (Å²) < 4.78 is 5.31. The average molecular weight is 206 g/mol. The van der Waals surface area contributed by atoms with Gasteiger partial charge in [-0.15, -0.1) is 0 Å². The molecule has 0 aliphatic carbocycles. The Hall–Kier alpha value is -1.27. The van der Waals surface area contributed by atoms with Gasteiger partial charge in [0.2, 0.25) is 0 Å². The van der Waals surface area contributed by atoms with Gasteiger partial charge in [-0.25, -0.2) is 0 Å². The number of hydrogen-bond acceptors (Lipinski definition) is 3. The molecular weight excluding hydrogens is 188 g/mol. The highest BCUT2D eigenvalue weighted by molar-refractivity contribution is 4.98. The largest absolute Gasteiger partial charge is 0.468 e. The smallest absolute Gasteiger partial charge is 0.117 e. The fourth-order valence-electron chi connectivity index (χ4n) is 1.74. The van der Waals surface area contributed by atoms with Crippen molar-refractivity contribution < 1.29 is 4.42 Å². The van der Waals surface area contributed by atoms with Crippen LogP contribution in [0, 0.1) is 11.3 Å². The number of hydrogen-bond donors (Lipinski definition) is 0. The topological polar surface area (TPSA) is 40.2 Å². The van der Waals surface area contributed by atoms with Gasteiger partial charge in [-0.05, 0) is 25.1 Å². The zero-order chi connectivity index (χ0) is 11.1. The summed E-state index contributed by atoms with van der Waals surface area (Å²) >= 11 is 0. The Labute approximate surface area is 91.3 Å². The van der Waals surface area contributed by atoms with E-state index in [-0.39, 0.29) is 0 Å². The van der Waals surface area contributed by atoms with Crippen molar-refractivity contribution in [2.24, 2.45) is 0 Å². The Morgan fingerprint density at radius 1 is 1.53 bits per heavy atom. The quantitative estimate of drug-likeness (QED) is 0.718. The first-order valence-electron chi connectivity index (χ1n) is 5.45. The van der Waals surface area contributed by atoms with E-state index < -0.39 is 0 Å². The number of rotatable bonds is 6. The Morgan fingerprint density at radius 3 is 2.80 bits per heavy atom. The molecule has 1 atom stereocenters. The lowest BCUT2D eigenvalue weighted by molar-refractivity contribution is 0.180. The molecule has 0 saturated heterocycles. The van der Waals surface area contributed by atoms with Gasteiger partial charge in [0.15, 0.2) is 0 Å². The molecule has 0 fully saturated rings. The zero-order valence-electron chi connectivity index (χ0n) is 9.44. The summed E-state index contributed by atoms with van der Waals surface area (Å²) in [5, 5.41) is 8.74. The lowest BCUT2D eigenvalue weighted by atomic mass is 10.1. The van der Waals surface area contributed by atoms with E-state index in [2.05, 4.69) is 24.8 Å². The minimum atomic E-state index is 0.338. The van der Waals surface area contributed by atoms with Gasteiger partial charge in [0.25, 0.3) is 0 Å². The second-order valence-electron chi connectivity index (χ2n) is 3.57. The van der Waals surface area contributed by atoms with Gasteiger partial charge < -0.3 is 4.42 Å². The maximum Gasteiger partial charge on any atom is 0.117 e. The van der Waals surface area contributed by atoms with Crippen molar-refractivity contribution in [2.45, 2.75) is 39.3 Å². The minimum absolute atomic E-state index is 0.338. The summed E-state index contributed by atoms with van der Waals surface area (Å²) in [5.41, 5.74) is 0. The van der Waals surface area contributed by atoms with Crippen molar-refractivity contribution >= 4 is 0 Å². The molecule has 15 heavy (non-hydrogen) atoms. The van der Waals surface area contributed by atoms with Crippen LogP contribution >= 0.6 is 0 Å². The second-order valence-corrected chi connectivity index (χ2v) is 3.57. The first-order valence-corrected chi connectivity index (χ1v) is 5.45. The minimum Gasteiger partial charge on any atom is -0.468 e. The van der Waals surface area contributed by atoms with E-state index in [4.69, 9.17) is 9.68 Å². The van der Waals surface area contributed by atoms with Gasteiger partial charge in [-0.2, -0.15) is 5.26 Å². The normalized spacial score (nSPS) is 12.7. The van der Waals surface area contributed by atoms with Crippen LogP contribution in [-0.4, -0.2) is 17.5 Å². The monoisotopic (exact) mass is 206 g/mol. The van der Waals surface area contributed by atoms with Gasteiger partial charge in [-0.3, -0.25) is 4.90 Å². The third-order valence-corrected chi connectivity index (χ3v) is 2.66. The molecule has 1 heterocycles. The lowest BCUT2D eigenvalue weighted by Gasteiger charge is -2.27. The molecule has 0 N–H and O–H groups in total. The van der Waals surface area contributed by atoms with Crippen molar-refractivity contribution in [3.05, 3.63) is 24.2 Å². The molecule has 3 nitrogen and oxygen atoms in total. The van der Waals surface area contributed by atoms with Crippen LogP contribution in [-0.2, 0) is 6.54 Å². The first kappa shape index (κ1) is 11.8. The molecule has 0 aliphatic heterocycles. The highest BCUT2D eigenvalue weighted by atomic mass is 16.3. The molecule has 0 aromatic carbocycles. The van der Waals surface area contributed by atoms with E-state index in [1.54, 1.807) is 6.26 Å². The molecule has 3 heteroatoms. The number of furan rings is 1. The van der Waals surface area contributed by atoms with Crippen LogP contribution in [0.15, 0.2) is 22.8 Å². The predicted octanol–water partition coefficient (Wildman–Crippen LogP) is 2.79. The van der Waals surface area contributed by atoms with Crippen LogP contribution in [0.1, 0.15) is 32.4 Å². The maximum absolute atomic E-state index is 8.74. The molecule has 0 saturated carbocycles. The van der Waals surface area contributed by atoms with Crippen LogP contribution in [0.2, 0.25) is 0 Å². The number of nitriles is 1. The predicted molar refractivity (Wildman–Crippen MR) is 59.1 cm³/mol. The fourth-order valence-corrected chi connectivity index (χ4v) is 1.74. The van der Waals surface area contributed by atoms with Crippen molar-refractivity contribution in [1.82, 2.24) is 4.90 Å². The van der Waals surface area contributed by atoms with Crippen LogP contribution in [0.25, 0.3) is 0 Å². The van der Waals surface area contributed by atoms with Crippen LogP contribution < -0.4 is 0 Å². The van der Waals surface area contributed by atoms with E-state index in [9.17, 15) is 0 Å². The second kappa shape index (κ2) is 6.26. The van der Waals surface area contributed by atoms with Gasteiger partial charge in [0, 0.05) is 6.04 Å². The molecule has 0 spiro atoms. The van der Waals surface area contributed by atoms with E-state index in [1.165, 1.54) is 0 Å². The third-order valence-electron chi connectivity index (χ3n) is 2.66. The molecule has 0 aliphatic rings. The molecule has 0 radical (unpaired) electrons. The van der Waals surface area contributed by atoms with Crippen LogP contribution in [0.5, 0.6) is 0 Å². The fraction of sp³-hybridized carbons (Fsp3) is 0.583. The van der Waals surface area contributed by atoms with Crippen LogP contribution in [0.3, 0.4) is 0 Å². The van der Waals surface area contributed by atoms with E-state index >= 15 is 0 Å². The van der Waals surface area contributed by atoms with Gasteiger partial charge >= 0.3 is 0 Å². The first-order chi connectivity index (χ1) is 7.31. The average Bonchev–Trinajstić information content (AvgIpc) is 2.75. The Kier molecular flexibility index (Phi) is 4.92. The van der Waals surface area contributed by atoms with Gasteiger partial charge in [0.05, 0.1) is 25.3 Å². The van der Waals surface area contributed by atoms with E-state index in [0.717, 1.165) is 25.3 Å². The summed E-state index contributed by atoms with van der Waals surface area (Å²) in [6, 6.07) is 6.45. The van der Waals surface area contributed by atoms with Gasteiger partial charge in [0.1, 0.15) is 5.76 Å². The van der Waals surface area contributed by atoms with Crippen molar-refractivity contribution in [3.63, 3.8) is 0 Å².